The molecule has 0 saturated carbocycles. The zero-order valence-corrected chi connectivity index (χ0v) is 14.8. The van der Waals surface area contributed by atoms with Gasteiger partial charge in [-0.25, -0.2) is 9.78 Å². The molecule has 0 aliphatic heterocycles. The van der Waals surface area contributed by atoms with Gasteiger partial charge < -0.3 is 15.4 Å². The third-order valence-electron chi connectivity index (χ3n) is 3.15. The number of nitrogens with one attached hydrogen (secondary N) is 2. The lowest BCUT2D eigenvalue weighted by molar-refractivity contribution is -0.115. The number of rotatable bonds is 6. The summed E-state index contributed by atoms with van der Waals surface area (Å²) in [6, 6.07) is 11.2. The van der Waals surface area contributed by atoms with Crippen molar-refractivity contribution in [1.29, 1.82) is 0 Å². The van der Waals surface area contributed by atoms with Crippen molar-refractivity contribution in [3.63, 3.8) is 0 Å². The number of hydrogen-bond donors (Lipinski definition) is 2. The molecule has 0 radical (unpaired) electrons. The van der Waals surface area contributed by atoms with Crippen molar-refractivity contribution in [2.24, 2.45) is 0 Å². The number of hydrogen-bond acceptors (Lipinski definition) is 4. The van der Waals surface area contributed by atoms with E-state index in [1.807, 2.05) is 30.3 Å². The summed E-state index contributed by atoms with van der Waals surface area (Å²) in [6.07, 6.45) is 1.40. The Balaban J connectivity index is 1.91. The van der Waals surface area contributed by atoms with Crippen molar-refractivity contribution in [2.75, 3.05) is 5.32 Å². The van der Waals surface area contributed by atoms with Crippen molar-refractivity contribution >= 4 is 33.7 Å². The summed E-state index contributed by atoms with van der Waals surface area (Å²) in [5.41, 5.74) is 1.59. The fourth-order valence-electron chi connectivity index (χ4n) is 1.89. The maximum atomic E-state index is 11.8. The van der Waals surface area contributed by atoms with Crippen molar-refractivity contribution in [3.8, 4) is 0 Å². The molecule has 0 bridgehead atoms. The van der Waals surface area contributed by atoms with Gasteiger partial charge in [-0.1, -0.05) is 37.3 Å². The van der Waals surface area contributed by atoms with Crippen molar-refractivity contribution in [1.82, 2.24) is 10.3 Å². The zero-order chi connectivity index (χ0) is 17.4. The third-order valence-corrected chi connectivity index (χ3v) is 3.58. The first kappa shape index (κ1) is 17.9. The molecular formula is C17H18BrN3O3. The second kappa shape index (κ2) is 9.02. The van der Waals surface area contributed by atoms with Gasteiger partial charge in [-0.2, -0.15) is 0 Å². The first-order valence-electron chi connectivity index (χ1n) is 7.47. The van der Waals surface area contributed by atoms with E-state index in [2.05, 4.69) is 31.5 Å². The molecule has 0 unspecified atom stereocenters. The Morgan fingerprint density at radius 1 is 1.25 bits per heavy atom. The number of ether oxygens (including phenoxy) is 1. The minimum Gasteiger partial charge on any atom is -0.445 e. The van der Waals surface area contributed by atoms with Gasteiger partial charge in [0.15, 0.2) is 0 Å². The highest BCUT2D eigenvalue weighted by Crippen LogP contribution is 2.18. The van der Waals surface area contributed by atoms with Crippen LogP contribution in [0.2, 0.25) is 0 Å². The quantitative estimate of drug-likeness (QED) is 0.787. The summed E-state index contributed by atoms with van der Waals surface area (Å²) >= 11 is 3.33. The molecule has 0 atom stereocenters. The molecule has 2 rings (SSSR count). The van der Waals surface area contributed by atoms with Gasteiger partial charge >= 0.3 is 6.09 Å². The van der Waals surface area contributed by atoms with Crippen LogP contribution >= 0.6 is 15.9 Å². The molecule has 0 saturated heterocycles. The fraction of sp³-hybridized carbons (Fsp3) is 0.235. The number of pyridine rings is 1. The number of aromatic nitrogens is 1. The number of benzene rings is 1. The Hall–Kier alpha value is -2.41. The maximum Gasteiger partial charge on any atom is 0.407 e. The normalized spacial score (nSPS) is 10.1. The van der Waals surface area contributed by atoms with Crippen molar-refractivity contribution in [2.45, 2.75) is 26.5 Å². The van der Waals surface area contributed by atoms with Crippen LogP contribution in [-0.4, -0.2) is 17.0 Å². The van der Waals surface area contributed by atoms with Crippen LogP contribution in [-0.2, 0) is 22.7 Å². The largest absolute Gasteiger partial charge is 0.445 e. The average molecular weight is 392 g/mol. The highest BCUT2D eigenvalue weighted by atomic mass is 79.9. The first-order valence-corrected chi connectivity index (χ1v) is 8.26. The lowest BCUT2D eigenvalue weighted by Crippen LogP contribution is -2.25. The molecule has 0 aliphatic carbocycles. The van der Waals surface area contributed by atoms with Crippen molar-refractivity contribution < 1.29 is 14.3 Å². The summed E-state index contributed by atoms with van der Waals surface area (Å²) in [4.78, 5) is 27.5. The van der Waals surface area contributed by atoms with E-state index < -0.39 is 6.09 Å². The minimum atomic E-state index is -0.536. The molecule has 2 N–H and O–H groups in total. The lowest BCUT2D eigenvalue weighted by atomic mass is 10.2. The molecule has 1 heterocycles. The summed E-state index contributed by atoms with van der Waals surface area (Å²) < 4.78 is 5.91. The van der Waals surface area contributed by atoms with E-state index in [-0.39, 0.29) is 19.1 Å². The van der Waals surface area contributed by atoms with E-state index in [1.54, 1.807) is 19.2 Å². The average Bonchev–Trinajstić information content (AvgIpc) is 2.60. The van der Waals surface area contributed by atoms with Gasteiger partial charge in [0.1, 0.15) is 12.4 Å². The van der Waals surface area contributed by atoms with Gasteiger partial charge in [0.25, 0.3) is 0 Å². The van der Waals surface area contributed by atoms with Gasteiger partial charge in [-0.05, 0) is 27.6 Å². The van der Waals surface area contributed by atoms with E-state index in [0.717, 1.165) is 10.0 Å². The molecule has 6 nitrogen and oxygen atoms in total. The van der Waals surface area contributed by atoms with Crippen LogP contribution < -0.4 is 10.6 Å². The summed E-state index contributed by atoms with van der Waals surface area (Å²) in [5, 5.41) is 5.36. The highest BCUT2D eigenvalue weighted by Gasteiger charge is 2.10. The fourth-order valence-corrected chi connectivity index (χ4v) is 2.27. The topological polar surface area (TPSA) is 80.3 Å². The summed E-state index contributed by atoms with van der Waals surface area (Å²) in [7, 11) is 0. The Labute approximate surface area is 148 Å². The van der Waals surface area contributed by atoms with Crippen molar-refractivity contribution in [3.05, 3.63) is 58.2 Å². The van der Waals surface area contributed by atoms with Gasteiger partial charge in [0, 0.05) is 29.2 Å². The smallest absolute Gasteiger partial charge is 0.407 e. The molecule has 1 aromatic heterocycles. The number of alkyl carbamates (subject to hydrolysis) is 1. The Bertz CT molecular complexity index is 707. The second-order valence-corrected chi connectivity index (χ2v) is 5.89. The van der Waals surface area contributed by atoms with E-state index in [4.69, 9.17) is 4.74 Å². The number of carbonyl (C=O) groups excluding carboxylic acids is 2. The molecule has 0 spiro atoms. The SMILES string of the molecule is CCC(=O)Nc1ncc(Br)cc1CNC(=O)OCc1ccccc1. The minimum absolute atomic E-state index is 0.141. The van der Waals surface area contributed by atoms with Crippen LogP contribution in [0, 0.1) is 0 Å². The molecule has 0 aliphatic rings. The second-order valence-electron chi connectivity index (χ2n) is 4.98. The predicted octanol–water partition coefficient (Wildman–Crippen LogP) is 3.62. The van der Waals surface area contributed by atoms with E-state index in [9.17, 15) is 9.59 Å². The molecule has 2 amide bonds. The van der Waals surface area contributed by atoms with E-state index in [1.165, 1.54) is 0 Å². The van der Waals surface area contributed by atoms with Crippen LogP contribution in [0.4, 0.5) is 10.6 Å². The van der Waals surface area contributed by atoms with Gasteiger partial charge in [0.2, 0.25) is 5.91 Å². The number of halogens is 1. The molecule has 0 fully saturated rings. The summed E-state index contributed by atoms with van der Waals surface area (Å²) in [6.45, 7) is 2.15. The molecule has 2 aromatic rings. The number of carbonyl (C=O) groups is 2. The van der Waals surface area contributed by atoms with Gasteiger partial charge in [-0.3, -0.25) is 4.79 Å². The molecule has 24 heavy (non-hydrogen) atoms. The third kappa shape index (κ3) is 5.66. The van der Waals surface area contributed by atoms with Gasteiger partial charge in [-0.15, -0.1) is 0 Å². The molecular weight excluding hydrogens is 374 g/mol. The Kier molecular flexibility index (Phi) is 6.74. The van der Waals surface area contributed by atoms with Gasteiger partial charge in [0.05, 0.1) is 0 Å². The molecule has 1 aromatic carbocycles. The Morgan fingerprint density at radius 2 is 2.00 bits per heavy atom. The van der Waals surface area contributed by atoms with Crippen LogP contribution in [0.15, 0.2) is 47.1 Å². The highest BCUT2D eigenvalue weighted by molar-refractivity contribution is 9.10. The maximum absolute atomic E-state index is 11.8. The Morgan fingerprint density at radius 3 is 2.71 bits per heavy atom. The zero-order valence-electron chi connectivity index (χ0n) is 13.2. The first-order chi connectivity index (χ1) is 11.6. The van der Waals surface area contributed by atoms with E-state index >= 15 is 0 Å². The summed E-state index contributed by atoms with van der Waals surface area (Å²) in [5.74, 6) is 0.283. The standard InChI is InChI=1S/C17H18BrN3O3/c1-2-15(22)21-16-13(8-14(18)10-19-16)9-20-17(23)24-11-12-6-4-3-5-7-12/h3-8,10H,2,9,11H2,1H3,(H,20,23)(H,19,21,22). The monoisotopic (exact) mass is 391 g/mol. The van der Waals surface area contributed by atoms with Crippen LogP contribution in [0.5, 0.6) is 0 Å². The number of amides is 2. The number of nitrogens with zero attached hydrogens (tertiary/aromatic N) is 1. The van der Waals surface area contributed by atoms with Crippen LogP contribution in [0.1, 0.15) is 24.5 Å². The predicted molar refractivity (Wildman–Crippen MR) is 94.3 cm³/mol. The molecule has 7 heteroatoms. The van der Waals surface area contributed by atoms with Crippen LogP contribution in [0.3, 0.4) is 0 Å². The van der Waals surface area contributed by atoms with Crippen LogP contribution in [0.25, 0.3) is 0 Å². The number of anilines is 1. The molecule has 126 valence electrons. The van der Waals surface area contributed by atoms with E-state index in [0.29, 0.717) is 17.8 Å². The lowest BCUT2D eigenvalue weighted by Gasteiger charge is -2.11.